The topological polar surface area (TPSA) is 49.7 Å². The van der Waals surface area contributed by atoms with Gasteiger partial charge in [-0.1, -0.05) is 110 Å². The van der Waals surface area contributed by atoms with E-state index in [0.717, 1.165) is 25.8 Å². The molecule has 1 atom stereocenters. The van der Waals surface area contributed by atoms with Gasteiger partial charge in [0.2, 0.25) is 0 Å². The van der Waals surface area contributed by atoms with E-state index in [1.165, 1.54) is 58.3 Å². The Balaban J connectivity index is 0. The smallest absolute Gasteiger partial charge is 0.418 e. The van der Waals surface area contributed by atoms with Crippen molar-refractivity contribution in [3.05, 3.63) is 58.6 Å². The average Bonchev–Trinajstić information content (AvgIpc) is 3.38. The molecule has 0 amide bonds. The Morgan fingerprint density at radius 3 is 1.95 bits per heavy atom. The van der Waals surface area contributed by atoms with Crippen LogP contribution < -0.4 is 0 Å². The quantitative estimate of drug-likeness (QED) is 0.0881. The van der Waals surface area contributed by atoms with Crippen molar-refractivity contribution in [1.29, 1.82) is 0 Å². The highest BCUT2D eigenvalue weighted by molar-refractivity contribution is 6.04. The molecule has 0 saturated carbocycles. The minimum Gasteiger partial charge on any atom is -0.510 e. The summed E-state index contributed by atoms with van der Waals surface area (Å²) in [5.74, 6) is -0.0790. The van der Waals surface area contributed by atoms with Crippen molar-refractivity contribution >= 4 is 11.5 Å². The second-order valence-corrected chi connectivity index (χ2v) is 9.65. The molecule has 1 aliphatic carbocycles. The van der Waals surface area contributed by atoms with Crippen molar-refractivity contribution in [3.63, 3.8) is 0 Å². The van der Waals surface area contributed by atoms with Crippen LogP contribution in [-0.4, -0.2) is 22.8 Å². The van der Waals surface area contributed by atoms with Gasteiger partial charge in [-0.25, -0.2) is 4.99 Å². The van der Waals surface area contributed by atoms with Crippen molar-refractivity contribution in [1.82, 2.24) is 0 Å². The Morgan fingerprint density at radius 1 is 1.05 bits per heavy atom. The van der Waals surface area contributed by atoms with Crippen molar-refractivity contribution < 1.29 is 23.1 Å². The van der Waals surface area contributed by atoms with Gasteiger partial charge in [0.1, 0.15) is 11.5 Å². The van der Waals surface area contributed by atoms with Gasteiger partial charge in [0, 0.05) is 6.92 Å². The summed E-state index contributed by atoms with van der Waals surface area (Å²) in [6, 6.07) is 0. The van der Waals surface area contributed by atoms with Crippen LogP contribution in [-0.2, 0) is 4.79 Å². The number of rotatable bonds is 12. The monoisotopic (exact) mass is 539 g/mol. The molecule has 3 nitrogen and oxygen atoms in total. The van der Waals surface area contributed by atoms with Gasteiger partial charge in [-0.2, -0.15) is 13.2 Å². The maximum absolute atomic E-state index is 13.4. The molecule has 0 aromatic carbocycles. The molecule has 0 heterocycles. The zero-order chi connectivity index (χ0) is 29.7. The van der Waals surface area contributed by atoms with Gasteiger partial charge in [-0.3, -0.25) is 4.79 Å². The van der Waals surface area contributed by atoms with Crippen molar-refractivity contribution in [2.75, 3.05) is 0 Å². The van der Waals surface area contributed by atoms with Gasteiger partial charge in [0.15, 0.2) is 5.78 Å². The number of allylic oxidation sites excluding steroid dienone is 10. The van der Waals surface area contributed by atoms with Crippen LogP contribution in [0.5, 0.6) is 0 Å². The number of ketones is 1. The zero-order valence-electron chi connectivity index (χ0n) is 25.3. The molecule has 0 spiro atoms. The van der Waals surface area contributed by atoms with Crippen LogP contribution >= 0.6 is 0 Å². The summed E-state index contributed by atoms with van der Waals surface area (Å²) in [5, 5.41) is 9.44. The molecule has 1 unspecified atom stereocenters. The Bertz CT molecular complexity index is 864. The molecule has 1 aliphatic rings. The van der Waals surface area contributed by atoms with Gasteiger partial charge in [0.25, 0.3) is 0 Å². The second-order valence-electron chi connectivity index (χ2n) is 9.65. The summed E-state index contributed by atoms with van der Waals surface area (Å²) in [7, 11) is 0. The standard InChI is InChI=1S/C18H20F3NO2.2C7H16/c1-5-14(15-8-6-7-9-15)10-16(18(19,20)21)11(2)22-17(12(3)23)13(4)24;1-4-6-7(3)5-2;1-3-5-7-6-4-2/h5-6,8-10,23H,7H2,1-4H3;7H,4-6H2,1-3H3;3-7H2,1-2H3/b14-5+,16-10+,17-12+,22-11+;;. The third-order valence-corrected chi connectivity index (χ3v) is 6.05. The lowest BCUT2D eigenvalue weighted by Crippen LogP contribution is -2.19. The first-order valence-electron chi connectivity index (χ1n) is 14.1. The molecule has 6 heteroatoms. The van der Waals surface area contributed by atoms with Gasteiger partial charge in [-0.05, 0) is 50.3 Å². The first-order valence-corrected chi connectivity index (χ1v) is 14.1. The summed E-state index contributed by atoms with van der Waals surface area (Å²) in [6.45, 7) is 16.4. The van der Waals surface area contributed by atoms with E-state index in [1.54, 1.807) is 19.1 Å². The Hall–Kier alpha value is -2.37. The number of aliphatic hydroxyl groups excluding tert-OH is 1. The number of unbranched alkanes of at least 4 members (excludes halogenated alkanes) is 4. The van der Waals surface area contributed by atoms with Crippen LogP contribution in [0.3, 0.4) is 0 Å². The molecule has 0 bridgehead atoms. The number of hydrogen-bond donors (Lipinski definition) is 1. The molecule has 1 rings (SSSR count). The van der Waals surface area contributed by atoms with Crippen LogP contribution in [0.25, 0.3) is 0 Å². The fourth-order valence-corrected chi connectivity index (χ4v) is 3.57. The molecule has 0 saturated heterocycles. The third kappa shape index (κ3) is 17.2. The normalized spacial score (nSPS) is 15.6. The Morgan fingerprint density at radius 2 is 1.63 bits per heavy atom. The van der Waals surface area contributed by atoms with Gasteiger partial charge in [0.05, 0.1) is 11.3 Å². The van der Waals surface area contributed by atoms with Crippen LogP contribution in [0.1, 0.15) is 120 Å². The van der Waals surface area contributed by atoms with Crippen molar-refractivity contribution in [3.8, 4) is 0 Å². The molecular formula is C32H52F3NO2. The Kier molecular flexibility index (Phi) is 21.4. The van der Waals surface area contributed by atoms with E-state index in [1.807, 2.05) is 12.2 Å². The number of aliphatic hydroxyl groups is 1. The molecule has 1 N–H and O–H groups in total. The van der Waals surface area contributed by atoms with E-state index < -0.39 is 23.3 Å². The first-order chi connectivity index (χ1) is 17.8. The number of nitrogens with zero attached hydrogens (tertiary/aromatic N) is 1. The number of alkyl halides is 3. The minimum atomic E-state index is -4.64. The minimum absolute atomic E-state index is 0.385. The zero-order valence-corrected chi connectivity index (χ0v) is 25.3. The molecule has 0 aromatic rings. The predicted octanol–water partition coefficient (Wildman–Crippen LogP) is 11.0. The van der Waals surface area contributed by atoms with Crippen LogP contribution in [0.4, 0.5) is 13.2 Å². The molecule has 0 aromatic heterocycles. The summed E-state index contributed by atoms with van der Waals surface area (Å²) < 4.78 is 40.3. The molecule has 218 valence electrons. The molecular weight excluding hydrogens is 487 g/mol. The second kappa shape index (κ2) is 21.6. The largest absolute Gasteiger partial charge is 0.510 e. The van der Waals surface area contributed by atoms with Gasteiger partial charge < -0.3 is 5.11 Å². The predicted molar refractivity (Wildman–Crippen MR) is 158 cm³/mol. The number of aliphatic imine (C=N–C) groups is 1. The lowest BCUT2D eigenvalue weighted by atomic mass is 10.0. The summed E-state index contributed by atoms with van der Waals surface area (Å²) >= 11 is 0. The molecule has 0 aliphatic heterocycles. The highest BCUT2D eigenvalue weighted by Gasteiger charge is 2.36. The summed E-state index contributed by atoms with van der Waals surface area (Å²) in [6.07, 6.45) is 15.1. The summed E-state index contributed by atoms with van der Waals surface area (Å²) in [4.78, 5) is 15.1. The number of Topliss-reactive ketones (excluding diaryl/α,β-unsaturated/α-hetero) is 1. The number of carbonyl (C=O) groups is 1. The van der Waals surface area contributed by atoms with Crippen molar-refractivity contribution in [2.24, 2.45) is 10.9 Å². The third-order valence-electron chi connectivity index (χ3n) is 6.05. The lowest BCUT2D eigenvalue weighted by molar-refractivity contribution is -0.113. The number of carbonyl (C=O) groups excluding carboxylic acids is 1. The van der Waals surface area contributed by atoms with Gasteiger partial charge in [-0.15, -0.1) is 0 Å². The fraction of sp³-hybridized carbons (Fsp3) is 0.625. The van der Waals surface area contributed by atoms with Gasteiger partial charge >= 0.3 is 6.18 Å². The average molecular weight is 540 g/mol. The highest BCUT2D eigenvalue weighted by atomic mass is 19.4. The Labute approximate surface area is 230 Å². The van der Waals surface area contributed by atoms with E-state index in [9.17, 15) is 23.1 Å². The van der Waals surface area contributed by atoms with Crippen LogP contribution in [0.2, 0.25) is 0 Å². The van der Waals surface area contributed by atoms with E-state index in [2.05, 4.69) is 39.6 Å². The molecule has 0 radical (unpaired) electrons. The fourth-order valence-electron chi connectivity index (χ4n) is 3.57. The lowest BCUT2D eigenvalue weighted by Gasteiger charge is -2.14. The maximum Gasteiger partial charge on any atom is 0.418 e. The van der Waals surface area contributed by atoms with Crippen LogP contribution in [0, 0.1) is 5.92 Å². The van der Waals surface area contributed by atoms with E-state index in [-0.39, 0.29) is 11.4 Å². The maximum atomic E-state index is 13.4. The molecule has 38 heavy (non-hydrogen) atoms. The van der Waals surface area contributed by atoms with E-state index in [4.69, 9.17) is 0 Å². The summed E-state index contributed by atoms with van der Waals surface area (Å²) in [5.41, 5.74) is -0.614. The van der Waals surface area contributed by atoms with E-state index >= 15 is 0 Å². The molecule has 0 fully saturated rings. The number of hydrogen-bond acceptors (Lipinski definition) is 3. The van der Waals surface area contributed by atoms with E-state index in [0.29, 0.717) is 17.6 Å². The van der Waals surface area contributed by atoms with Crippen LogP contribution in [0.15, 0.2) is 63.5 Å². The SMILES string of the molecule is CCCC(C)CC.CCCCCCC.C\C=C(/C=C(\C(C)=N\C(C(C)=O)=C(/C)O)C(F)(F)F)C1=CCC=C1. The number of halogens is 3. The highest BCUT2D eigenvalue weighted by Crippen LogP contribution is 2.31. The van der Waals surface area contributed by atoms with Crippen molar-refractivity contribution in [2.45, 2.75) is 126 Å². The first kappa shape index (κ1) is 37.8.